The zero-order valence-corrected chi connectivity index (χ0v) is 16.8. The second-order valence-corrected chi connectivity index (χ2v) is 9.06. The van der Waals surface area contributed by atoms with Crippen molar-refractivity contribution in [1.29, 1.82) is 5.26 Å². The van der Waals surface area contributed by atoms with Crippen LogP contribution in [0.5, 0.6) is 0 Å². The van der Waals surface area contributed by atoms with Gasteiger partial charge in [-0.25, -0.2) is 8.42 Å². The summed E-state index contributed by atoms with van der Waals surface area (Å²) in [6.07, 6.45) is 1.25. The van der Waals surface area contributed by atoms with Gasteiger partial charge in [0.25, 0.3) is 0 Å². The Kier molecular flexibility index (Phi) is 5.82. The average molecular weight is 398 g/mol. The van der Waals surface area contributed by atoms with Crippen LogP contribution in [0.15, 0.2) is 47.4 Å². The van der Waals surface area contributed by atoms with Crippen molar-refractivity contribution >= 4 is 21.6 Å². The van der Waals surface area contributed by atoms with E-state index in [4.69, 9.17) is 5.26 Å². The molecular formula is C21H23N3O3S. The molecule has 2 aromatic carbocycles. The zero-order valence-electron chi connectivity index (χ0n) is 16.0. The smallest absolute Gasteiger partial charge is 0.243 e. The molecular weight excluding hydrogens is 374 g/mol. The fourth-order valence-corrected chi connectivity index (χ4v) is 5.24. The molecule has 146 valence electrons. The van der Waals surface area contributed by atoms with Gasteiger partial charge in [0.2, 0.25) is 15.9 Å². The van der Waals surface area contributed by atoms with Crippen LogP contribution in [0.4, 0.5) is 5.69 Å². The molecule has 7 heteroatoms. The second kappa shape index (κ2) is 8.13. The third-order valence-corrected chi connectivity index (χ3v) is 6.98. The van der Waals surface area contributed by atoms with Crippen molar-refractivity contribution in [3.63, 3.8) is 0 Å². The van der Waals surface area contributed by atoms with Crippen LogP contribution < -0.4 is 5.32 Å². The van der Waals surface area contributed by atoms with Crippen molar-refractivity contribution in [3.05, 3.63) is 59.2 Å². The number of carbonyl (C=O) groups excluding carboxylic acids is 1. The lowest BCUT2D eigenvalue weighted by Crippen LogP contribution is -2.43. The number of carbonyl (C=O) groups is 1. The van der Waals surface area contributed by atoms with Crippen molar-refractivity contribution in [2.45, 2.75) is 31.6 Å². The van der Waals surface area contributed by atoms with Crippen molar-refractivity contribution < 1.29 is 13.2 Å². The van der Waals surface area contributed by atoms with Crippen LogP contribution in [0.25, 0.3) is 0 Å². The molecule has 1 aliphatic heterocycles. The number of amides is 1. The summed E-state index contributed by atoms with van der Waals surface area (Å²) in [7, 11) is -3.65. The SMILES string of the molecule is Cc1ccc(C)c(S(=O)(=O)N2CCC[C@H](C(=O)Nc3cccc(C#N)c3)C2)c1. The van der Waals surface area contributed by atoms with E-state index in [-0.39, 0.29) is 12.5 Å². The van der Waals surface area contributed by atoms with Gasteiger partial charge in [0.05, 0.1) is 22.4 Å². The number of benzene rings is 2. The molecule has 6 nitrogen and oxygen atoms in total. The molecule has 1 aliphatic rings. The van der Waals surface area contributed by atoms with E-state index in [1.54, 1.807) is 43.3 Å². The fourth-order valence-electron chi connectivity index (χ4n) is 3.41. The summed E-state index contributed by atoms with van der Waals surface area (Å²) < 4.78 is 27.7. The lowest BCUT2D eigenvalue weighted by Gasteiger charge is -2.31. The normalized spacial score (nSPS) is 17.7. The van der Waals surface area contributed by atoms with Crippen molar-refractivity contribution in [2.75, 3.05) is 18.4 Å². The summed E-state index contributed by atoms with van der Waals surface area (Å²) >= 11 is 0. The first-order valence-corrected chi connectivity index (χ1v) is 10.6. The Morgan fingerprint density at radius 2 is 2.00 bits per heavy atom. The second-order valence-electron chi connectivity index (χ2n) is 7.15. The number of sulfonamides is 1. The molecule has 28 heavy (non-hydrogen) atoms. The highest BCUT2D eigenvalue weighted by Crippen LogP contribution is 2.27. The number of anilines is 1. The van der Waals surface area contributed by atoms with Gasteiger partial charge in [0.1, 0.15) is 0 Å². The quantitative estimate of drug-likeness (QED) is 0.858. The van der Waals surface area contributed by atoms with Gasteiger partial charge in [-0.05, 0) is 62.1 Å². The number of aryl methyl sites for hydroxylation is 2. The number of nitrogens with one attached hydrogen (secondary N) is 1. The number of hydrogen-bond acceptors (Lipinski definition) is 4. The first-order chi connectivity index (χ1) is 13.3. The Morgan fingerprint density at radius 3 is 2.75 bits per heavy atom. The highest BCUT2D eigenvalue weighted by atomic mass is 32.2. The highest BCUT2D eigenvalue weighted by molar-refractivity contribution is 7.89. The molecule has 3 rings (SSSR count). The highest BCUT2D eigenvalue weighted by Gasteiger charge is 2.34. The average Bonchev–Trinajstić information content (AvgIpc) is 2.70. The van der Waals surface area contributed by atoms with Crippen LogP contribution in [0.3, 0.4) is 0 Å². The Morgan fingerprint density at radius 1 is 1.21 bits per heavy atom. The van der Waals surface area contributed by atoms with E-state index >= 15 is 0 Å². The third-order valence-electron chi connectivity index (χ3n) is 4.98. The van der Waals surface area contributed by atoms with Gasteiger partial charge in [-0.15, -0.1) is 0 Å². The maximum atomic E-state index is 13.1. The van der Waals surface area contributed by atoms with Crippen molar-refractivity contribution in [3.8, 4) is 6.07 Å². The van der Waals surface area contributed by atoms with Gasteiger partial charge >= 0.3 is 0 Å². The number of nitriles is 1. The predicted molar refractivity (Wildman–Crippen MR) is 107 cm³/mol. The van der Waals surface area contributed by atoms with Gasteiger partial charge in [0.15, 0.2) is 0 Å². The van der Waals surface area contributed by atoms with Crippen LogP contribution in [-0.2, 0) is 14.8 Å². The fraction of sp³-hybridized carbons (Fsp3) is 0.333. The van der Waals surface area contributed by atoms with E-state index in [1.165, 1.54) is 4.31 Å². The molecule has 0 aliphatic carbocycles. The van der Waals surface area contributed by atoms with Gasteiger partial charge in [-0.2, -0.15) is 9.57 Å². The summed E-state index contributed by atoms with van der Waals surface area (Å²) in [4.78, 5) is 13.0. The molecule has 1 heterocycles. The molecule has 0 bridgehead atoms. The Labute approximate surface area is 165 Å². The molecule has 1 fully saturated rings. The molecule has 1 N–H and O–H groups in total. The summed E-state index contributed by atoms with van der Waals surface area (Å²) in [5, 5.41) is 11.8. The van der Waals surface area contributed by atoms with Crippen LogP contribution in [-0.4, -0.2) is 31.7 Å². The summed E-state index contributed by atoms with van der Waals surface area (Å²) in [5.74, 6) is -0.657. The van der Waals surface area contributed by atoms with Crippen molar-refractivity contribution in [2.24, 2.45) is 5.92 Å². The first kappa shape index (κ1) is 20.1. The number of piperidine rings is 1. The van der Waals surface area contributed by atoms with E-state index in [9.17, 15) is 13.2 Å². The van der Waals surface area contributed by atoms with E-state index in [2.05, 4.69) is 5.32 Å². The standard InChI is InChI=1S/C21H23N3O3S/c1-15-8-9-16(2)20(11-15)28(26,27)24-10-4-6-18(14-24)21(25)23-19-7-3-5-17(12-19)13-22/h3,5,7-9,11-12,18H,4,6,10,14H2,1-2H3,(H,23,25)/t18-/m0/s1. The summed E-state index contributed by atoms with van der Waals surface area (Å²) in [6.45, 7) is 4.20. The Hall–Kier alpha value is -2.69. The lowest BCUT2D eigenvalue weighted by atomic mass is 9.98. The van der Waals surface area contributed by atoms with Gasteiger partial charge < -0.3 is 5.32 Å². The van der Waals surface area contributed by atoms with Crippen LogP contribution >= 0.6 is 0 Å². The third kappa shape index (κ3) is 4.24. The Bertz CT molecular complexity index is 1040. The maximum absolute atomic E-state index is 13.1. The molecule has 0 spiro atoms. The zero-order chi connectivity index (χ0) is 20.3. The van der Waals surface area contributed by atoms with Gasteiger partial charge in [-0.1, -0.05) is 18.2 Å². The molecule has 0 saturated carbocycles. The minimum Gasteiger partial charge on any atom is -0.326 e. The minimum absolute atomic E-state index is 0.152. The maximum Gasteiger partial charge on any atom is 0.243 e. The molecule has 1 saturated heterocycles. The van der Waals surface area contributed by atoms with E-state index in [1.807, 2.05) is 19.1 Å². The van der Waals surface area contributed by atoms with Crippen molar-refractivity contribution in [1.82, 2.24) is 4.31 Å². The predicted octanol–water partition coefficient (Wildman–Crippen LogP) is 3.21. The molecule has 0 unspecified atom stereocenters. The largest absolute Gasteiger partial charge is 0.326 e. The first-order valence-electron chi connectivity index (χ1n) is 9.19. The topological polar surface area (TPSA) is 90.3 Å². The van der Waals surface area contributed by atoms with Gasteiger partial charge in [-0.3, -0.25) is 4.79 Å². The van der Waals surface area contributed by atoms with E-state index in [0.717, 1.165) is 5.56 Å². The number of hydrogen-bond donors (Lipinski definition) is 1. The summed E-state index contributed by atoms with van der Waals surface area (Å²) in [6, 6.07) is 14.1. The number of nitrogens with zero attached hydrogens (tertiary/aromatic N) is 2. The molecule has 0 aromatic heterocycles. The molecule has 1 amide bonds. The molecule has 2 aromatic rings. The minimum atomic E-state index is -3.65. The van der Waals surface area contributed by atoms with Crippen LogP contribution in [0.2, 0.25) is 0 Å². The number of rotatable bonds is 4. The molecule has 0 radical (unpaired) electrons. The monoisotopic (exact) mass is 397 g/mol. The van der Waals surface area contributed by atoms with Crippen LogP contribution in [0.1, 0.15) is 29.5 Å². The lowest BCUT2D eigenvalue weighted by molar-refractivity contribution is -0.120. The van der Waals surface area contributed by atoms with E-state index < -0.39 is 15.9 Å². The van der Waals surface area contributed by atoms with Crippen LogP contribution in [0, 0.1) is 31.1 Å². The Balaban J connectivity index is 1.77. The van der Waals surface area contributed by atoms with Gasteiger partial charge in [0, 0.05) is 18.8 Å². The molecule has 1 atom stereocenters. The summed E-state index contributed by atoms with van der Waals surface area (Å²) in [5.41, 5.74) is 2.58. The van der Waals surface area contributed by atoms with E-state index in [0.29, 0.717) is 41.1 Å².